The second-order valence-corrected chi connectivity index (χ2v) is 4.14. The fourth-order valence-corrected chi connectivity index (χ4v) is 1.74. The van der Waals surface area contributed by atoms with Gasteiger partial charge in [-0.1, -0.05) is 6.08 Å². The molecule has 1 rings (SSSR count). The lowest BCUT2D eigenvalue weighted by Crippen LogP contribution is -2.57. The summed E-state index contributed by atoms with van der Waals surface area (Å²) in [6.45, 7) is 5.36. The minimum atomic E-state index is -2.57. The molecule has 0 saturated carbocycles. The number of hydrogen-bond acceptors (Lipinski definition) is 3. The first kappa shape index (κ1) is 12.5. The average molecular weight is 220 g/mol. The standard InChI is InChI=1S/C10H18F2N2O/c1-3-10(2)7(13)5-4-6(15-10)8(14)9(11)12/h3,6-9H,1,4-5,13-14H2,2H3. The van der Waals surface area contributed by atoms with Gasteiger partial charge in [-0.15, -0.1) is 6.58 Å². The first-order valence-corrected chi connectivity index (χ1v) is 5.01. The van der Waals surface area contributed by atoms with Crippen molar-refractivity contribution in [3.8, 4) is 0 Å². The van der Waals surface area contributed by atoms with Gasteiger partial charge in [-0.05, 0) is 19.8 Å². The van der Waals surface area contributed by atoms with E-state index in [1.54, 1.807) is 13.0 Å². The minimum absolute atomic E-state index is 0.212. The molecule has 0 bridgehead atoms. The maximum absolute atomic E-state index is 12.4. The summed E-state index contributed by atoms with van der Waals surface area (Å²) in [5, 5.41) is 0. The van der Waals surface area contributed by atoms with Crippen LogP contribution in [0.4, 0.5) is 8.78 Å². The van der Waals surface area contributed by atoms with Crippen molar-refractivity contribution in [3.05, 3.63) is 12.7 Å². The molecule has 1 aliphatic rings. The number of hydrogen-bond donors (Lipinski definition) is 2. The van der Waals surface area contributed by atoms with Crippen LogP contribution in [0.15, 0.2) is 12.7 Å². The number of nitrogens with two attached hydrogens (primary N) is 2. The molecule has 1 saturated heterocycles. The smallest absolute Gasteiger partial charge is 0.256 e. The van der Waals surface area contributed by atoms with Gasteiger partial charge in [-0.2, -0.15) is 0 Å². The van der Waals surface area contributed by atoms with Gasteiger partial charge in [0.15, 0.2) is 0 Å². The van der Waals surface area contributed by atoms with E-state index in [1.165, 1.54) is 0 Å². The molecule has 1 heterocycles. The van der Waals surface area contributed by atoms with Gasteiger partial charge in [0, 0.05) is 6.04 Å². The van der Waals surface area contributed by atoms with Crippen LogP contribution in [0.1, 0.15) is 19.8 Å². The molecule has 0 amide bonds. The Labute approximate surface area is 88.5 Å². The predicted molar refractivity (Wildman–Crippen MR) is 54.7 cm³/mol. The molecule has 0 spiro atoms. The summed E-state index contributed by atoms with van der Waals surface area (Å²) in [6, 6.07) is -1.46. The monoisotopic (exact) mass is 220 g/mol. The van der Waals surface area contributed by atoms with Crippen molar-refractivity contribution < 1.29 is 13.5 Å². The molecule has 88 valence electrons. The summed E-state index contributed by atoms with van der Waals surface area (Å²) in [5.41, 5.74) is 10.4. The average Bonchev–Trinajstić information content (AvgIpc) is 2.21. The zero-order valence-corrected chi connectivity index (χ0v) is 8.83. The van der Waals surface area contributed by atoms with Gasteiger partial charge in [0.2, 0.25) is 0 Å². The van der Waals surface area contributed by atoms with E-state index in [1.807, 2.05) is 0 Å². The molecule has 4 unspecified atom stereocenters. The molecule has 1 aliphatic heterocycles. The van der Waals surface area contributed by atoms with Crippen molar-refractivity contribution >= 4 is 0 Å². The molecular formula is C10H18F2N2O. The van der Waals surface area contributed by atoms with E-state index in [9.17, 15) is 8.78 Å². The molecule has 15 heavy (non-hydrogen) atoms. The lowest BCUT2D eigenvalue weighted by molar-refractivity contribution is -0.125. The van der Waals surface area contributed by atoms with Gasteiger partial charge in [0.25, 0.3) is 6.43 Å². The van der Waals surface area contributed by atoms with Gasteiger partial charge < -0.3 is 16.2 Å². The number of ether oxygens (including phenoxy) is 1. The lowest BCUT2D eigenvalue weighted by atomic mass is 9.87. The zero-order chi connectivity index (χ0) is 11.6. The van der Waals surface area contributed by atoms with Crippen LogP contribution in [0.25, 0.3) is 0 Å². The van der Waals surface area contributed by atoms with Crippen molar-refractivity contribution in [3.63, 3.8) is 0 Å². The van der Waals surface area contributed by atoms with Crippen LogP contribution in [0.3, 0.4) is 0 Å². The van der Waals surface area contributed by atoms with Crippen LogP contribution in [0.5, 0.6) is 0 Å². The zero-order valence-electron chi connectivity index (χ0n) is 8.83. The quantitative estimate of drug-likeness (QED) is 0.698. The van der Waals surface area contributed by atoms with E-state index in [2.05, 4.69) is 6.58 Å². The first-order chi connectivity index (χ1) is 6.90. The second kappa shape index (κ2) is 4.55. The van der Waals surface area contributed by atoms with E-state index in [4.69, 9.17) is 16.2 Å². The molecule has 1 fully saturated rings. The normalized spacial score (nSPS) is 39.1. The minimum Gasteiger partial charge on any atom is -0.365 e. The second-order valence-electron chi connectivity index (χ2n) is 4.14. The van der Waals surface area contributed by atoms with Gasteiger partial charge in [0.1, 0.15) is 0 Å². The van der Waals surface area contributed by atoms with Gasteiger partial charge in [-0.25, -0.2) is 8.78 Å². The Morgan fingerprint density at radius 3 is 2.60 bits per heavy atom. The Hall–Kier alpha value is -0.520. The largest absolute Gasteiger partial charge is 0.365 e. The number of alkyl halides is 2. The van der Waals surface area contributed by atoms with Gasteiger partial charge in [-0.3, -0.25) is 0 Å². The van der Waals surface area contributed by atoms with Crippen molar-refractivity contribution in [2.75, 3.05) is 0 Å². The van der Waals surface area contributed by atoms with Crippen molar-refractivity contribution in [2.45, 2.75) is 50.0 Å². The molecule has 5 heteroatoms. The summed E-state index contributed by atoms with van der Waals surface area (Å²) in [7, 11) is 0. The Morgan fingerprint density at radius 1 is 1.53 bits per heavy atom. The third-order valence-electron chi connectivity index (χ3n) is 3.03. The number of rotatable bonds is 3. The fourth-order valence-electron chi connectivity index (χ4n) is 1.74. The van der Waals surface area contributed by atoms with Crippen LogP contribution < -0.4 is 11.5 Å². The SMILES string of the molecule is C=CC1(C)OC(C(N)C(F)F)CCC1N. The molecule has 3 nitrogen and oxygen atoms in total. The highest BCUT2D eigenvalue weighted by Gasteiger charge is 2.41. The maximum Gasteiger partial charge on any atom is 0.256 e. The highest BCUT2D eigenvalue weighted by atomic mass is 19.3. The van der Waals surface area contributed by atoms with E-state index in [0.29, 0.717) is 12.8 Å². The molecule has 0 radical (unpaired) electrons. The fraction of sp³-hybridized carbons (Fsp3) is 0.800. The summed E-state index contributed by atoms with van der Waals surface area (Å²) in [4.78, 5) is 0. The first-order valence-electron chi connectivity index (χ1n) is 5.01. The van der Waals surface area contributed by atoms with Crippen molar-refractivity contribution in [1.29, 1.82) is 0 Å². The molecule has 0 aromatic rings. The van der Waals surface area contributed by atoms with E-state index >= 15 is 0 Å². The van der Waals surface area contributed by atoms with Crippen molar-refractivity contribution in [2.24, 2.45) is 11.5 Å². The predicted octanol–water partition coefficient (Wildman–Crippen LogP) is 1.03. The van der Waals surface area contributed by atoms with Gasteiger partial charge in [0.05, 0.1) is 17.7 Å². The van der Waals surface area contributed by atoms with E-state index in [0.717, 1.165) is 0 Å². The Balaban J connectivity index is 2.70. The maximum atomic E-state index is 12.4. The topological polar surface area (TPSA) is 61.3 Å². The Kier molecular flexibility index (Phi) is 3.81. The summed E-state index contributed by atoms with van der Waals surface area (Å²) < 4.78 is 30.3. The molecule has 0 aromatic heterocycles. The highest BCUT2D eigenvalue weighted by molar-refractivity contribution is 5.05. The molecule has 4 N–H and O–H groups in total. The Morgan fingerprint density at radius 2 is 2.13 bits per heavy atom. The molecular weight excluding hydrogens is 202 g/mol. The summed E-state index contributed by atoms with van der Waals surface area (Å²) >= 11 is 0. The molecule has 0 aliphatic carbocycles. The van der Waals surface area contributed by atoms with Crippen LogP contribution in [-0.4, -0.2) is 30.2 Å². The van der Waals surface area contributed by atoms with Crippen LogP contribution in [0.2, 0.25) is 0 Å². The van der Waals surface area contributed by atoms with Crippen LogP contribution in [-0.2, 0) is 4.74 Å². The molecule has 0 aromatic carbocycles. The van der Waals surface area contributed by atoms with E-state index < -0.39 is 24.2 Å². The number of halogens is 2. The Bertz CT molecular complexity index is 237. The third-order valence-corrected chi connectivity index (χ3v) is 3.03. The van der Waals surface area contributed by atoms with Crippen LogP contribution >= 0.6 is 0 Å². The van der Waals surface area contributed by atoms with Crippen LogP contribution in [0, 0.1) is 0 Å². The van der Waals surface area contributed by atoms with E-state index in [-0.39, 0.29) is 6.04 Å². The highest BCUT2D eigenvalue weighted by Crippen LogP contribution is 2.30. The lowest BCUT2D eigenvalue weighted by Gasteiger charge is -2.43. The summed E-state index contributed by atoms with van der Waals surface area (Å²) in [6.07, 6.45) is -0.572. The summed E-state index contributed by atoms with van der Waals surface area (Å²) in [5.74, 6) is 0. The van der Waals surface area contributed by atoms with Gasteiger partial charge >= 0.3 is 0 Å². The van der Waals surface area contributed by atoms with Crippen molar-refractivity contribution in [1.82, 2.24) is 0 Å². The third kappa shape index (κ3) is 2.53. The molecule has 4 atom stereocenters.